The summed E-state index contributed by atoms with van der Waals surface area (Å²) in [6.45, 7) is 17.7. The quantitative estimate of drug-likeness (QED) is 0.631. The van der Waals surface area contributed by atoms with Gasteiger partial charge in [-0.05, 0) is 32.2 Å². The summed E-state index contributed by atoms with van der Waals surface area (Å²) >= 11 is 0. The van der Waals surface area contributed by atoms with Gasteiger partial charge in [0.05, 0.1) is 5.60 Å². The van der Waals surface area contributed by atoms with Crippen LogP contribution in [-0.4, -0.2) is 37.2 Å². The van der Waals surface area contributed by atoms with Gasteiger partial charge in [0, 0.05) is 19.7 Å². The van der Waals surface area contributed by atoms with Gasteiger partial charge < -0.3 is 9.64 Å². The molecule has 0 saturated carbocycles. The van der Waals surface area contributed by atoms with Crippen molar-refractivity contribution in [3.05, 3.63) is 0 Å². The molecule has 2 fully saturated rings. The van der Waals surface area contributed by atoms with Gasteiger partial charge in [-0.25, -0.2) is 0 Å². The number of ether oxygens (including phenoxy) is 1. The standard InChI is InChI=1S/C10H19NO.3C2H6/c1-9-7-10(12-8-9)3-5-11(2)6-4-10;3*1-2/h9H,3-8H2,1-2H3;3*1-2H3. The topological polar surface area (TPSA) is 12.5 Å². The molecule has 0 radical (unpaired) electrons. The summed E-state index contributed by atoms with van der Waals surface area (Å²) in [6, 6.07) is 0. The molecule has 0 bridgehead atoms. The Hall–Kier alpha value is -0.0800. The molecule has 0 aromatic heterocycles. The lowest BCUT2D eigenvalue weighted by atomic mass is 9.86. The largest absolute Gasteiger partial charge is 0.375 e. The molecule has 2 rings (SSSR count). The van der Waals surface area contributed by atoms with E-state index in [9.17, 15) is 0 Å². The van der Waals surface area contributed by atoms with Gasteiger partial charge in [-0.2, -0.15) is 0 Å². The smallest absolute Gasteiger partial charge is 0.0710 e. The second kappa shape index (κ2) is 12.0. The molecule has 2 saturated heterocycles. The van der Waals surface area contributed by atoms with E-state index >= 15 is 0 Å². The van der Waals surface area contributed by atoms with Crippen LogP contribution in [-0.2, 0) is 4.74 Å². The molecule has 112 valence electrons. The number of rotatable bonds is 0. The average molecular weight is 259 g/mol. The SMILES string of the molecule is CC.CC.CC.CC1COC2(CCN(C)CC2)C1. The van der Waals surface area contributed by atoms with Crippen LogP contribution in [0.1, 0.15) is 67.7 Å². The highest BCUT2D eigenvalue weighted by molar-refractivity contribution is 4.91. The first-order valence-corrected chi connectivity index (χ1v) is 8.03. The number of hydrogen-bond acceptors (Lipinski definition) is 2. The van der Waals surface area contributed by atoms with Crippen LogP contribution in [0.2, 0.25) is 0 Å². The zero-order valence-electron chi connectivity index (χ0n) is 14.2. The predicted molar refractivity (Wildman–Crippen MR) is 83.2 cm³/mol. The summed E-state index contributed by atoms with van der Waals surface area (Å²) in [4.78, 5) is 2.40. The van der Waals surface area contributed by atoms with E-state index < -0.39 is 0 Å². The Morgan fingerprint density at radius 3 is 1.72 bits per heavy atom. The number of nitrogens with zero attached hydrogens (tertiary/aromatic N) is 1. The summed E-state index contributed by atoms with van der Waals surface area (Å²) in [7, 11) is 2.20. The molecule has 0 aromatic carbocycles. The molecule has 1 unspecified atom stereocenters. The number of piperidine rings is 1. The van der Waals surface area contributed by atoms with E-state index in [1.54, 1.807) is 0 Å². The summed E-state index contributed by atoms with van der Waals surface area (Å²) in [5, 5.41) is 0. The third kappa shape index (κ3) is 6.75. The summed E-state index contributed by atoms with van der Waals surface area (Å²) in [5.74, 6) is 0.786. The van der Waals surface area contributed by atoms with Crippen molar-refractivity contribution in [2.75, 3.05) is 26.7 Å². The monoisotopic (exact) mass is 259 g/mol. The van der Waals surface area contributed by atoms with Crippen LogP contribution >= 0.6 is 0 Å². The molecule has 1 atom stereocenters. The fourth-order valence-corrected chi connectivity index (χ4v) is 2.45. The van der Waals surface area contributed by atoms with E-state index in [0.29, 0.717) is 0 Å². The van der Waals surface area contributed by atoms with Crippen LogP contribution in [0.3, 0.4) is 0 Å². The molecule has 2 nitrogen and oxygen atoms in total. The van der Waals surface area contributed by atoms with Crippen LogP contribution in [0.5, 0.6) is 0 Å². The lowest BCUT2D eigenvalue weighted by molar-refractivity contribution is -0.0394. The van der Waals surface area contributed by atoms with Gasteiger partial charge in [0.15, 0.2) is 0 Å². The first-order chi connectivity index (χ1) is 8.70. The third-order valence-corrected chi connectivity index (χ3v) is 3.29. The second-order valence-corrected chi connectivity index (χ2v) is 4.61. The highest BCUT2D eigenvalue weighted by Gasteiger charge is 2.40. The van der Waals surface area contributed by atoms with Crippen LogP contribution in [0.4, 0.5) is 0 Å². The van der Waals surface area contributed by atoms with E-state index in [1.165, 1.54) is 32.4 Å². The molecule has 0 aromatic rings. The van der Waals surface area contributed by atoms with Crippen LogP contribution < -0.4 is 0 Å². The molecular formula is C16H37NO. The highest BCUT2D eigenvalue weighted by atomic mass is 16.5. The summed E-state index contributed by atoms with van der Waals surface area (Å²) < 4.78 is 5.92. The zero-order chi connectivity index (χ0) is 14.6. The fraction of sp³-hybridized carbons (Fsp3) is 1.00. The van der Waals surface area contributed by atoms with Crippen LogP contribution in [0, 0.1) is 5.92 Å². The molecule has 0 N–H and O–H groups in total. The van der Waals surface area contributed by atoms with Crippen molar-refractivity contribution in [3.8, 4) is 0 Å². The minimum atomic E-state index is 0.284. The first-order valence-electron chi connectivity index (χ1n) is 8.03. The van der Waals surface area contributed by atoms with Gasteiger partial charge in [0.2, 0.25) is 0 Å². The predicted octanol–water partition coefficient (Wildman–Crippen LogP) is 4.59. The van der Waals surface area contributed by atoms with Crippen LogP contribution in [0.15, 0.2) is 0 Å². The molecule has 2 heterocycles. The van der Waals surface area contributed by atoms with Gasteiger partial charge >= 0.3 is 0 Å². The van der Waals surface area contributed by atoms with E-state index in [2.05, 4.69) is 18.9 Å². The Labute approximate surface area is 116 Å². The molecule has 2 heteroatoms. The second-order valence-electron chi connectivity index (χ2n) is 4.61. The van der Waals surface area contributed by atoms with Gasteiger partial charge in [0.25, 0.3) is 0 Å². The van der Waals surface area contributed by atoms with Crippen molar-refractivity contribution in [2.24, 2.45) is 5.92 Å². The molecule has 1 spiro atoms. The van der Waals surface area contributed by atoms with E-state index in [4.69, 9.17) is 4.74 Å². The van der Waals surface area contributed by atoms with Crippen molar-refractivity contribution in [2.45, 2.75) is 73.3 Å². The zero-order valence-corrected chi connectivity index (χ0v) is 14.2. The average Bonchev–Trinajstić information content (AvgIpc) is 2.82. The molecule has 2 aliphatic rings. The van der Waals surface area contributed by atoms with Gasteiger partial charge in [-0.1, -0.05) is 48.5 Å². The molecule has 0 aliphatic carbocycles. The lowest BCUT2D eigenvalue weighted by Crippen LogP contribution is -2.42. The molecular weight excluding hydrogens is 222 g/mol. The van der Waals surface area contributed by atoms with Crippen molar-refractivity contribution in [3.63, 3.8) is 0 Å². The summed E-state index contributed by atoms with van der Waals surface area (Å²) in [5.41, 5.74) is 0.284. The Morgan fingerprint density at radius 1 is 0.944 bits per heavy atom. The normalized spacial score (nSPS) is 25.0. The fourth-order valence-electron chi connectivity index (χ4n) is 2.45. The Balaban J connectivity index is 0. The van der Waals surface area contributed by atoms with E-state index in [1.807, 2.05) is 41.5 Å². The van der Waals surface area contributed by atoms with Crippen molar-refractivity contribution >= 4 is 0 Å². The highest BCUT2D eigenvalue weighted by Crippen LogP contribution is 2.37. The van der Waals surface area contributed by atoms with Gasteiger partial charge in [0.1, 0.15) is 0 Å². The molecule has 18 heavy (non-hydrogen) atoms. The lowest BCUT2D eigenvalue weighted by Gasteiger charge is -2.37. The maximum Gasteiger partial charge on any atom is 0.0710 e. The number of likely N-dealkylation sites (tertiary alicyclic amines) is 1. The Bertz CT molecular complexity index is 162. The van der Waals surface area contributed by atoms with Crippen LogP contribution in [0.25, 0.3) is 0 Å². The van der Waals surface area contributed by atoms with Gasteiger partial charge in [-0.3, -0.25) is 0 Å². The first kappa shape index (κ1) is 20.2. The third-order valence-electron chi connectivity index (χ3n) is 3.29. The van der Waals surface area contributed by atoms with Crippen molar-refractivity contribution in [1.29, 1.82) is 0 Å². The maximum absolute atomic E-state index is 5.92. The Morgan fingerprint density at radius 2 is 1.39 bits per heavy atom. The van der Waals surface area contributed by atoms with Crippen molar-refractivity contribution in [1.82, 2.24) is 4.90 Å². The molecule has 2 aliphatic heterocycles. The van der Waals surface area contributed by atoms with E-state index in [-0.39, 0.29) is 5.60 Å². The Kier molecular flexibility index (Phi) is 13.5. The minimum absolute atomic E-state index is 0.284. The number of hydrogen-bond donors (Lipinski definition) is 0. The van der Waals surface area contributed by atoms with Gasteiger partial charge in [-0.15, -0.1) is 0 Å². The van der Waals surface area contributed by atoms with Crippen molar-refractivity contribution < 1.29 is 4.74 Å². The minimum Gasteiger partial charge on any atom is -0.375 e. The maximum atomic E-state index is 5.92. The molecule has 0 amide bonds. The summed E-state index contributed by atoms with van der Waals surface area (Å²) in [6.07, 6.45) is 3.78. The van der Waals surface area contributed by atoms with E-state index in [0.717, 1.165) is 12.5 Å².